The molecule has 0 unspecified atom stereocenters. The molecule has 6 heteroatoms. The molecule has 0 aliphatic heterocycles. The maximum atomic E-state index is 9.42. The molecule has 2 aromatic heterocycles. The summed E-state index contributed by atoms with van der Waals surface area (Å²) in [5.74, 6) is 0.519. The Morgan fingerprint density at radius 2 is 1.77 bits per heavy atom. The molecular weight excluding hydrogens is 324 g/mol. The maximum absolute atomic E-state index is 9.42. The predicted octanol–water partition coefficient (Wildman–Crippen LogP) is 3.44. The number of anilines is 1. The van der Waals surface area contributed by atoms with Gasteiger partial charge >= 0.3 is 0 Å². The fourth-order valence-corrected chi connectivity index (χ4v) is 2.94. The van der Waals surface area contributed by atoms with Crippen molar-refractivity contribution in [1.82, 2.24) is 20.0 Å². The van der Waals surface area contributed by atoms with Crippen molar-refractivity contribution >= 4 is 5.82 Å². The monoisotopic (exact) mass is 346 g/mol. The van der Waals surface area contributed by atoms with E-state index >= 15 is 0 Å². The fraction of sp³-hybridized carbons (Fsp3) is 0.300. The lowest BCUT2D eigenvalue weighted by Gasteiger charge is -2.10. The van der Waals surface area contributed by atoms with Crippen LogP contribution in [-0.4, -0.2) is 20.0 Å². The van der Waals surface area contributed by atoms with E-state index in [9.17, 15) is 5.26 Å². The predicted molar refractivity (Wildman–Crippen MR) is 101 cm³/mol. The van der Waals surface area contributed by atoms with E-state index in [0.29, 0.717) is 17.9 Å². The van der Waals surface area contributed by atoms with Gasteiger partial charge in [-0.05, 0) is 38.8 Å². The van der Waals surface area contributed by atoms with Crippen LogP contribution in [0.15, 0.2) is 30.3 Å². The average molecular weight is 346 g/mol. The minimum Gasteiger partial charge on any atom is -0.363 e. The van der Waals surface area contributed by atoms with Gasteiger partial charge in [0.25, 0.3) is 0 Å². The van der Waals surface area contributed by atoms with E-state index in [2.05, 4.69) is 45.7 Å². The minimum atomic E-state index is 0.519. The number of nitriles is 1. The Morgan fingerprint density at radius 3 is 2.46 bits per heavy atom. The molecule has 0 spiro atoms. The smallest absolute Gasteiger partial charge is 0.167 e. The molecule has 0 saturated carbocycles. The topological polar surface area (TPSA) is 79.4 Å². The van der Waals surface area contributed by atoms with E-state index in [4.69, 9.17) is 0 Å². The molecule has 0 amide bonds. The van der Waals surface area contributed by atoms with Crippen molar-refractivity contribution in [3.63, 3.8) is 0 Å². The lowest BCUT2D eigenvalue weighted by atomic mass is 10.1. The van der Waals surface area contributed by atoms with Crippen LogP contribution in [0.3, 0.4) is 0 Å². The SMILES string of the molecule is Cc1nnc(NCc2c(C)nn(Cc3ccccc3)c2C)c(C#N)c1C. The molecule has 0 aliphatic carbocycles. The van der Waals surface area contributed by atoms with Crippen LogP contribution in [0.1, 0.15) is 39.3 Å². The molecule has 3 rings (SSSR count). The second-order valence-electron chi connectivity index (χ2n) is 6.39. The van der Waals surface area contributed by atoms with Crippen LogP contribution < -0.4 is 5.32 Å². The van der Waals surface area contributed by atoms with Gasteiger partial charge in [-0.2, -0.15) is 15.5 Å². The highest BCUT2D eigenvalue weighted by Gasteiger charge is 2.14. The van der Waals surface area contributed by atoms with Gasteiger partial charge in [0.1, 0.15) is 11.6 Å². The summed E-state index contributed by atoms with van der Waals surface area (Å²) >= 11 is 0. The molecule has 132 valence electrons. The Morgan fingerprint density at radius 1 is 1.04 bits per heavy atom. The fourth-order valence-electron chi connectivity index (χ4n) is 2.94. The average Bonchev–Trinajstić information content (AvgIpc) is 2.90. The first-order valence-electron chi connectivity index (χ1n) is 8.56. The van der Waals surface area contributed by atoms with E-state index in [0.717, 1.165) is 34.8 Å². The van der Waals surface area contributed by atoms with Crippen LogP contribution in [0.5, 0.6) is 0 Å². The van der Waals surface area contributed by atoms with Crippen molar-refractivity contribution < 1.29 is 0 Å². The molecule has 3 aromatic rings. The van der Waals surface area contributed by atoms with Gasteiger partial charge in [0.15, 0.2) is 5.82 Å². The summed E-state index contributed by atoms with van der Waals surface area (Å²) in [6.45, 7) is 9.11. The van der Waals surface area contributed by atoms with Crippen LogP contribution in [0.4, 0.5) is 5.82 Å². The first-order chi connectivity index (χ1) is 12.5. The van der Waals surface area contributed by atoms with E-state index in [1.165, 1.54) is 5.56 Å². The highest BCUT2D eigenvalue weighted by atomic mass is 15.3. The van der Waals surface area contributed by atoms with Gasteiger partial charge in [-0.3, -0.25) is 4.68 Å². The summed E-state index contributed by atoms with van der Waals surface area (Å²) in [6, 6.07) is 12.5. The molecule has 1 N–H and O–H groups in total. The normalized spacial score (nSPS) is 10.6. The Kier molecular flexibility index (Phi) is 4.99. The van der Waals surface area contributed by atoms with Crippen LogP contribution in [0.2, 0.25) is 0 Å². The lowest BCUT2D eigenvalue weighted by Crippen LogP contribution is -2.09. The van der Waals surface area contributed by atoms with Crippen molar-refractivity contribution in [2.24, 2.45) is 0 Å². The third kappa shape index (κ3) is 3.42. The van der Waals surface area contributed by atoms with Crippen molar-refractivity contribution in [2.75, 3.05) is 5.32 Å². The Hall–Kier alpha value is -3.20. The van der Waals surface area contributed by atoms with Crippen molar-refractivity contribution in [3.05, 3.63) is 69.7 Å². The van der Waals surface area contributed by atoms with Crippen molar-refractivity contribution in [2.45, 2.75) is 40.8 Å². The third-order valence-electron chi connectivity index (χ3n) is 4.71. The van der Waals surface area contributed by atoms with Gasteiger partial charge in [-0.25, -0.2) is 0 Å². The second-order valence-corrected chi connectivity index (χ2v) is 6.39. The Bertz CT molecular complexity index is 966. The number of hydrogen-bond donors (Lipinski definition) is 1. The zero-order valence-corrected chi connectivity index (χ0v) is 15.5. The first-order valence-corrected chi connectivity index (χ1v) is 8.56. The van der Waals surface area contributed by atoms with Crippen molar-refractivity contribution in [3.8, 4) is 6.07 Å². The van der Waals surface area contributed by atoms with Gasteiger partial charge in [0, 0.05) is 17.8 Å². The van der Waals surface area contributed by atoms with Gasteiger partial charge < -0.3 is 5.32 Å². The number of benzene rings is 1. The highest BCUT2D eigenvalue weighted by Crippen LogP contribution is 2.20. The third-order valence-corrected chi connectivity index (χ3v) is 4.71. The van der Waals surface area contributed by atoms with Gasteiger partial charge in [0.2, 0.25) is 0 Å². The van der Waals surface area contributed by atoms with Gasteiger partial charge in [-0.1, -0.05) is 30.3 Å². The summed E-state index contributed by atoms with van der Waals surface area (Å²) in [5, 5.41) is 25.6. The van der Waals surface area contributed by atoms with E-state index in [1.54, 1.807) is 0 Å². The molecule has 0 bridgehead atoms. The van der Waals surface area contributed by atoms with E-state index in [-0.39, 0.29) is 0 Å². The minimum absolute atomic E-state index is 0.519. The van der Waals surface area contributed by atoms with Crippen LogP contribution in [-0.2, 0) is 13.1 Å². The molecule has 2 heterocycles. The second kappa shape index (κ2) is 7.36. The van der Waals surface area contributed by atoms with E-state index < -0.39 is 0 Å². The number of nitrogens with one attached hydrogen (secondary N) is 1. The number of aryl methyl sites for hydroxylation is 2. The molecule has 26 heavy (non-hydrogen) atoms. The van der Waals surface area contributed by atoms with E-state index in [1.807, 2.05) is 43.7 Å². The lowest BCUT2D eigenvalue weighted by molar-refractivity contribution is 0.658. The van der Waals surface area contributed by atoms with Gasteiger partial charge in [-0.15, -0.1) is 5.10 Å². The van der Waals surface area contributed by atoms with Crippen LogP contribution >= 0.6 is 0 Å². The molecule has 6 nitrogen and oxygen atoms in total. The molecule has 0 saturated heterocycles. The number of aromatic nitrogens is 4. The summed E-state index contributed by atoms with van der Waals surface area (Å²) in [6.07, 6.45) is 0. The standard InChI is InChI=1S/C20H22N6/c1-13-14(2)23-24-20(18(13)10-21)22-11-19-15(3)25-26(16(19)4)12-17-8-6-5-7-9-17/h5-9H,11-12H2,1-4H3,(H,22,24). The molecule has 0 radical (unpaired) electrons. The molecular formula is C20H22N6. The zero-order chi connectivity index (χ0) is 18.7. The molecule has 0 fully saturated rings. The molecule has 1 aromatic carbocycles. The largest absolute Gasteiger partial charge is 0.363 e. The van der Waals surface area contributed by atoms with Gasteiger partial charge in [0.05, 0.1) is 17.9 Å². The number of hydrogen-bond acceptors (Lipinski definition) is 5. The number of rotatable bonds is 5. The zero-order valence-electron chi connectivity index (χ0n) is 15.5. The van der Waals surface area contributed by atoms with Crippen LogP contribution in [0, 0.1) is 39.0 Å². The van der Waals surface area contributed by atoms with Crippen molar-refractivity contribution in [1.29, 1.82) is 5.26 Å². The summed E-state index contributed by atoms with van der Waals surface area (Å²) < 4.78 is 2.01. The maximum Gasteiger partial charge on any atom is 0.167 e. The molecule has 0 atom stereocenters. The molecule has 0 aliphatic rings. The number of nitrogens with zero attached hydrogens (tertiary/aromatic N) is 5. The summed E-state index contributed by atoms with van der Waals surface area (Å²) in [7, 11) is 0. The van der Waals surface area contributed by atoms with Crippen LogP contribution in [0.25, 0.3) is 0 Å². The summed E-state index contributed by atoms with van der Waals surface area (Å²) in [4.78, 5) is 0. The quantitative estimate of drug-likeness (QED) is 0.765. The Labute approximate surface area is 153 Å². The Balaban J connectivity index is 1.82. The summed E-state index contributed by atoms with van der Waals surface area (Å²) in [5.41, 5.74) is 6.59. The highest BCUT2D eigenvalue weighted by molar-refractivity contribution is 5.56. The first kappa shape index (κ1) is 17.6.